The van der Waals surface area contributed by atoms with Crippen LogP contribution in [0.1, 0.15) is 12.0 Å². The molecular formula is C15H11FN4O3S2. The fourth-order valence-electron chi connectivity index (χ4n) is 2.18. The number of amides is 1. The molecule has 0 atom stereocenters. The number of thiocarbonyl (C=S) groups is 1. The molecule has 10 heteroatoms. The highest BCUT2D eigenvalue weighted by molar-refractivity contribution is 8.26. The molecule has 0 saturated carbocycles. The zero-order chi connectivity index (χ0) is 18.0. The highest BCUT2D eigenvalue weighted by atomic mass is 32.2. The molecule has 1 aliphatic rings. The number of rotatable bonds is 5. The number of nitrogens with zero attached hydrogens (tertiary/aromatic N) is 4. The predicted octanol–water partition coefficient (Wildman–Crippen LogP) is 2.08. The Kier molecular flexibility index (Phi) is 4.91. The Hall–Kier alpha value is -2.59. The van der Waals surface area contributed by atoms with E-state index in [-0.39, 0.29) is 28.9 Å². The van der Waals surface area contributed by atoms with Gasteiger partial charge in [-0.25, -0.2) is 14.1 Å². The normalized spacial score (nSPS) is 16.0. The average Bonchev–Trinajstić information content (AvgIpc) is 3.16. The van der Waals surface area contributed by atoms with Crippen molar-refractivity contribution in [1.82, 2.24) is 19.7 Å². The molecule has 1 aromatic heterocycles. The molecule has 0 bridgehead atoms. The molecule has 1 saturated heterocycles. The molecule has 2 aromatic rings. The Morgan fingerprint density at radius 3 is 2.88 bits per heavy atom. The molecule has 0 radical (unpaired) electrons. The van der Waals surface area contributed by atoms with Crippen LogP contribution in [0.5, 0.6) is 0 Å². The first-order valence-corrected chi connectivity index (χ1v) is 8.30. The van der Waals surface area contributed by atoms with Crippen LogP contribution in [0.15, 0.2) is 35.8 Å². The second-order valence-corrected chi connectivity index (χ2v) is 6.70. The van der Waals surface area contributed by atoms with Crippen LogP contribution in [0.4, 0.5) is 4.39 Å². The molecule has 0 spiro atoms. The molecule has 1 N–H and O–H groups in total. The number of benzene rings is 1. The largest absolute Gasteiger partial charge is 0.481 e. The van der Waals surface area contributed by atoms with Gasteiger partial charge in [0.05, 0.1) is 11.3 Å². The quantitative estimate of drug-likeness (QED) is 0.629. The first kappa shape index (κ1) is 17.2. The first-order valence-electron chi connectivity index (χ1n) is 7.07. The molecule has 0 aliphatic carbocycles. The van der Waals surface area contributed by atoms with Gasteiger partial charge in [-0.15, -0.1) is 0 Å². The standard InChI is InChI=1S/C15H11FN4O3S2/c16-10-5-9(1-2-11(10)20-8-17-7-18-20)6-12-14(23)19(15(24)25-12)4-3-13(21)22/h1-2,5-8H,3-4H2,(H,21,22)/b12-6-. The van der Waals surface area contributed by atoms with E-state index in [4.69, 9.17) is 17.3 Å². The van der Waals surface area contributed by atoms with Crippen LogP contribution in [0.3, 0.4) is 0 Å². The maximum Gasteiger partial charge on any atom is 0.305 e. The van der Waals surface area contributed by atoms with Crippen LogP contribution in [0.2, 0.25) is 0 Å². The minimum atomic E-state index is -1.01. The number of carbonyl (C=O) groups excluding carboxylic acids is 1. The van der Waals surface area contributed by atoms with Gasteiger partial charge in [-0.3, -0.25) is 14.5 Å². The van der Waals surface area contributed by atoms with Gasteiger partial charge in [0.2, 0.25) is 0 Å². The molecule has 128 valence electrons. The van der Waals surface area contributed by atoms with Crippen molar-refractivity contribution in [1.29, 1.82) is 0 Å². The van der Waals surface area contributed by atoms with Crippen molar-refractivity contribution in [2.75, 3.05) is 6.54 Å². The van der Waals surface area contributed by atoms with Gasteiger partial charge in [-0.1, -0.05) is 30.0 Å². The van der Waals surface area contributed by atoms with Gasteiger partial charge >= 0.3 is 5.97 Å². The van der Waals surface area contributed by atoms with Crippen LogP contribution in [-0.2, 0) is 9.59 Å². The van der Waals surface area contributed by atoms with Crippen LogP contribution >= 0.6 is 24.0 Å². The lowest BCUT2D eigenvalue weighted by Gasteiger charge is -2.12. The van der Waals surface area contributed by atoms with Crippen LogP contribution in [0, 0.1) is 5.82 Å². The van der Waals surface area contributed by atoms with Gasteiger partial charge in [0.1, 0.15) is 28.5 Å². The number of carbonyl (C=O) groups is 2. The van der Waals surface area contributed by atoms with E-state index in [0.717, 1.165) is 11.8 Å². The van der Waals surface area contributed by atoms with E-state index in [2.05, 4.69) is 10.1 Å². The number of carboxylic acid groups (broad SMARTS) is 1. The second kappa shape index (κ2) is 7.11. The molecule has 1 aromatic carbocycles. The zero-order valence-corrected chi connectivity index (χ0v) is 14.3. The fraction of sp³-hybridized carbons (Fsp3) is 0.133. The van der Waals surface area contributed by atoms with Crippen molar-refractivity contribution in [3.8, 4) is 5.69 Å². The summed E-state index contributed by atoms with van der Waals surface area (Å²) in [6.45, 7) is 0.0109. The van der Waals surface area contributed by atoms with Gasteiger partial charge < -0.3 is 5.11 Å². The summed E-state index contributed by atoms with van der Waals surface area (Å²) in [6.07, 6.45) is 4.01. The van der Waals surface area contributed by atoms with Crippen LogP contribution in [-0.4, -0.2) is 47.5 Å². The lowest BCUT2D eigenvalue weighted by Crippen LogP contribution is -2.30. The third-order valence-electron chi connectivity index (χ3n) is 3.36. The summed E-state index contributed by atoms with van der Waals surface area (Å²) in [7, 11) is 0. The lowest BCUT2D eigenvalue weighted by atomic mass is 10.1. The third kappa shape index (κ3) is 3.74. The first-order chi connectivity index (χ1) is 12.0. The van der Waals surface area contributed by atoms with E-state index in [1.54, 1.807) is 6.07 Å². The number of carboxylic acids is 1. The molecule has 3 rings (SSSR count). The summed E-state index contributed by atoms with van der Waals surface area (Å²) in [6, 6.07) is 4.45. The van der Waals surface area contributed by atoms with Crippen molar-refractivity contribution in [3.63, 3.8) is 0 Å². The summed E-state index contributed by atoms with van der Waals surface area (Å²) in [4.78, 5) is 28.3. The maximum absolute atomic E-state index is 14.2. The second-order valence-electron chi connectivity index (χ2n) is 5.03. The Bertz CT molecular complexity index is 883. The van der Waals surface area contributed by atoms with E-state index in [1.165, 1.54) is 40.4 Å². The Balaban J connectivity index is 1.81. The predicted molar refractivity (Wildman–Crippen MR) is 93.4 cm³/mol. The minimum absolute atomic E-state index is 0.0109. The molecule has 0 unspecified atom stereocenters. The summed E-state index contributed by atoms with van der Waals surface area (Å²) < 4.78 is 15.8. The number of thioether (sulfide) groups is 1. The molecule has 25 heavy (non-hydrogen) atoms. The van der Waals surface area contributed by atoms with Crippen LogP contribution < -0.4 is 0 Å². The van der Waals surface area contributed by atoms with Gasteiger partial charge in [0.25, 0.3) is 5.91 Å². The van der Waals surface area contributed by atoms with E-state index < -0.39 is 11.8 Å². The third-order valence-corrected chi connectivity index (χ3v) is 4.74. The molecule has 1 fully saturated rings. The molecule has 1 amide bonds. The number of hydrogen-bond donors (Lipinski definition) is 1. The molecule has 7 nitrogen and oxygen atoms in total. The summed E-state index contributed by atoms with van der Waals surface area (Å²) in [5, 5.41) is 12.6. The maximum atomic E-state index is 14.2. The molecular weight excluding hydrogens is 367 g/mol. The number of aliphatic carboxylic acids is 1. The monoisotopic (exact) mass is 378 g/mol. The van der Waals surface area contributed by atoms with Crippen molar-refractivity contribution < 1.29 is 19.1 Å². The summed E-state index contributed by atoms with van der Waals surface area (Å²) in [5.41, 5.74) is 0.726. The molecule has 2 heterocycles. The van der Waals surface area contributed by atoms with Gasteiger partial charge in [-0.2, -0.15) is 5.10 Å². The number of hydrogen-bond acceptors (Lipinski definition) is 6. The van der Waals surface area contributed by atoms with E-state index in [9.17, 15) is 14.0 Å². The smallest absolute Gasteiger partial charge is 0.305 e. The SMILES string of the molecule is O=C(O)CCN1C(=O)/C(=C/c2ccc(-n3cncn3)c(F)c2)SC1=S. The van der Waals surface area contributed by atoms with Gasteiger partial charge in [0.15, 0.2) is 0 Å². The van der Waals surface area contributed by atoms with Crippen molar-refractivity contribution >= 4 is 46.3 Å². The lowest BCUT2D eigenvalue weighted by molar-refractivity contribution is -0.137. The highest BCUT2D eigenvalue weighted by Gasteiger charge is 2.32. The zero-order valence-electron chi connectivity index (χ0n) is 12.6. The molecule has 1 aliphatic heterocycles. The van der Waals surface area contributed by atoms with Gasteiger partial charge in [0, 0.05) is 6.54 Å². The average molecular weight is 378 g/mol. The van der Waals surface area contributed by atoms with Gasteiger partial charge in [-0.05, 0) is 23.8 Å². The number of halogens is 1. The highest BCUT2D eigenvalue weighted by Crippen LogP contribution is 2.32. The van der Waals surface area contributed by atoms with E-state index >= 15 is 0 Å². The van der Waals surface area contributed by atoms with E-state index in [0.29, 0.717) is 10.5 Å². The Labute approximate surface area is 151 Å². The topological polar surface area (TPSA) is 88.3 Å². The Morgan fingerprint density at radius 1 is 1.44 bits per heavy atom. The van der Waals surface area contributed by atoms with E-state index in [1.807, 2.05) is 0 Å². The van der Waals surface area contributed by atoms with Crippen molar-refractivity contribution in [2.45, 2.75) is 6.42 Å². The van der Waals surface area contributed by atoms with Crippen LogP contribution in [0.25, 0.3) is 11.8 Å². The minimum Gasteiger partial charge on any atom is -0.481 e. The number of aromatic nitrogens is 3. The summed E-state index contributed by atoms with van der Waals surface area (Å²) >= 11 is 6.17. The van der Waals surface area contributed by atoms with Crippen molar-refractivity contribution in [2.24, 2.45) is 0 Å². The Morgan fingerprint density at radius 2 is 2.24 bits per heavy atom. The fourth-order valence-corrected chi connectivity index (χ4v) is 3.49. The summed E-state index contributed by atoms with van der Waals surface area (Å²) in [5.74, 6) is -1.90. The van der Waals surface area contributed by atoms with Crippen molar-refractivity contribution in [3.05, 3.63) is 47.1 Å².